The van der Waals surface area contributed by atoms with E-state index in [0.29, 0.717) is 11.7 Å². The highest BCUT2D eigenvalue weighted by atomic mass is 32.1. The SMILES string of the molecule is C[C@H](c1ccccc1)N(CC(N)=O)Cc1cnc(N)s1. The van der Waals surface area contributed by atoms with Gasteiger partial charge in [0.15, 0.2) is 5.13 Å². The number of benzene rings is 1. The van der Waals surface area contributed by atoms with E-state index in [1.165, 1.54) is 11.3 Å². The summed E-state index contributed by atoms with van der Waals surface area (Å²) in [6, 6.07) is 10.1. The molecule has 20 heavy (non-hydrogen) atoms. The van der Waals surface area contributed by atoms with Gasteiger partial charge in [0.25, 0.3) is 0 Å². The highest BCUT2D eigenvalue weighted by Gasteiger charge is 2.18. The molecule has 0 unspecified atom stereocenters. The summed E-state index contributed by atoms with van der Waals surface area (Å²) < 4.78 is 0. The first-order chi connectivity index (χ1) is 9.56. The van der Waals surface area contributed by atoms with E-state index in [1.807, 2.05) is 35.2 Å². The molecule has 0 saturated carbocycles. The molecule has 0 saturated heterocycles. The maximum atomic E-state index is 11.3. The molecule has 2 aromatic rings. The van der Waals surface area contributed by atoms with Gasteiger partial charge in [0, 0.05) is 23.7 Å². The summed E-state index contributed by atoms with van der Waals surface area (Å²) in [6.45, 7) is 2.87. The number of nitrogen functional groups attached to an aromatic ring is 1. The van der Waals surface area contributed by atoms with Gasteiger partial charge in [-0.05, 0) is 12.5 Å². The van der Waals surface area contributed by atoms with Crippen molar-refractivity contribution >= 4 is 22.4 Å². The minimum atomic E-state index is -0.342. The summed E-state index contributed by atoms with van der Waals surface area (Å²) in [7, 11) is 0. The maximum Gasteiger partial charge on any atom is 0.231 e. The van der Waals surface area contributed by atoms with Crippen LogP contribution in [0.4, 0.5) is 5.13 Å². The number of amides is 1. The monoisotopic (exact) mass is 290 g/mol. The number of rotatable bonds is 6. The fourth-order valence-corrected chi connectivity index (χ4v) is 2.78. The predicted octanol–water partition coefficient (Wildman–Crippen LogP) is 1.77. The standard InChI is InChI=1S/C14H18N4OS/c1-10(11-5-3-2-4-6-11)18(9-13(15)19)8-12-7-17-14(16)20-12/h2-7,10H,8-9H2,1H3,(H2,15,19)(H2,16,17)/t10-/m1/s1. The number of hydrogen-bond acceptors (Lipinski definition) is 5. The summed E-state index contributed by atoms with van der Waals surface area (Å²) in [4.78, 5) is 18.4. The Morgan fingerprint density at radius 1 is 1.40 bits per heavy atom. The van der Waals surface area contributed by atoms with Crippen LogP contribution in [0, 0.1) is 0 Å². The van der Waals surface area contributed by atoms with Crippen LogP contribution >= 0.6 is 11.3 Å². The van der Waals surface area contributed by atoms with E-state index in [2.05, 4.69) is 11.9 Å². The molecule has 0 aliphatic heterocycles. The molecular formula is C14H18N4OS. The van der Waals surface area contributed by atoms with Crippen LogP contribution in [0.5, 0.6) is 0 Å². The van der Waals surface area contributed by atoms with Crippen LogP contribution in [-0.4, -0.2) is 22.3 Å². The Morgan fingerprint density at radius 3 is 2.65 bits per heavy atom. The Bertz CT molecular complexity index is 570. The van der Waals surface area contributed by atoms with E-state index in [1.54, 1.807) is 6.20 Å². The third-order valence-corrected chi connectivity index (χ3v) is 3.93. The van der Waals surface area contributed by atoms with Gasteiger partial charge in [-0.25, -0.2) is 4.98 Å². The minimum Gasteiger partial charge on any atom is -0.375 e. The van der Waals surface area contributed by atoms with E-state index in [0.717, 1.165) is 10.4 Å². The second-order valence-electron chi connectivity index (χ2n) is 4.62. The van der Waals surface area contributed by atoms with Crippen LogP contribution in [0.15, 0.2) is 36.5 Å². The molecule has 1 amide bonds. The van der Waals surface area contributed by atoms with Crippen molar-refractivity contribution < 1.29 is 4.79 Å². The zero-order valence-electron chi connectivity index (χ0n) is 11.3. The average Bonchev–Trinajstić information content (AvgIpc) is 2.83. The minimum absolute atomic E-state index is 0.0898. The smallest absolute Gasteiger partial charge is 0.231 e. The molecule has 1 atom stereocenters. The molecule has 0 spiro atoms. The van der Waals surface area contributed by atoms with Gasteiger partial charge in [-0.15, -0.1) is 11.3 Å². The number of nitrogens with two attached hydrogens (primary N) is 2. The van der Waals surface area contributed by atoms with Gasteiger partial charge in [-0.3, -0.25) is 9.69 Å². The predicted molar refractivity (Wildman–Crippen MR) is 81.0 cm³/mol. The van der Waals surface area contributed by atoms with Crippen LogP contribution in [0.3, 0.4) is 0 Å². The van der Waals surface area contributed by atoms with Crippen molar-refractivity contribution in [1.82, 2.24) is 9.88 Å². The van der Waals surface area contributed by atoms with Crippen LogP contribution < -0.4 is 11.5 Å². The van der Waals surface area contributed by atoms with Crippen molar-refractivity contribution in [1.29, 1.82) is 0 Å². The first-order valence-corrected chi connectivity index (χ1v) is 7.15. The summed E-state index contributed by atoms with van der Waals surface area (Å²) >= 11 is 1.43. The first-order valence-electron chi connectivity index (χ1n) is 6.33. The number of thiazole rings is 1. The Kier molecular flexibility index (Phi) is 4.70. The largest absolute Gasteiger partial charge is 0.375 e. The molecular weight excluding hydrogens is 272 g/mol. The molecule has 2 rings (SSSR count). The molecule has 4 N–H and O–H groups in total. The van der Waals surface area contributed by atoms with Gasteiger partial charge in [-0.2, -0.15) is 0 Å². The number of anilines is 1. The number of carbonyl (C=O) groups is 1. The third-order valence-electron chi connectivity index (χ3n) is 3.12. The second-order valence-corrected chi connectivity index (χ2v) is 5.77. The summed E-state index contributed by atoms with van der Waals surface area (Å²) in [5.74, 6) is -0.342. The van der Waals surface area contributed by atoms with E-state index in [9.17, 15) is 4.79 Å². The van der Waals surface area contributed by atoms with Gasteiger partial charge in [-0.1, -0.05) is 30.3 Å². The van der Waals surface area contributed by atoms with Gasteiger partial charge < -0.3 is 11.5 Å². The molecule has 5 nitrogen and oxygen atoms in total. The van der Waals surface area contributed by atoms with E-state index < -0.39 is 0 Å². The average molecular weight is 290 g/mol. The lowest BCUT2D eigenvalue weighted by Crippen LogP contribution is -2.35. The molecule has 0 radical (unpaired) electrons. The van der Waals surface area contributed by atoms with Crippen molar-refractivity contribution in [2.24, 2.45) is 5.73 Å². The summed E-state index contributed by atoms with van der Waals surface area (Å²) in [6.07, 6.45) is 1.74. The number of carbonyl (C=O) groups excluding carboxylic acids is 1. The number of aromatic nitrogens is 1. The van der Waals surface area contributed by atoms with Crippen molar-refractivity contribution in [3.05, 3.63) is 47.0 Å². The van der Waals surface area contributed by atoms with Crippen LogP contribution in [0.25, 0.3) is 0 Å². The zero-order valence-corrected chi connectivity index (χ0v) is 12.1. The summed E-state index contributed by atoms with van der Waals surface area (Å²) in [5, 5.41) is 0.534. The Labute approximate surface area is 122 Å². The molecule has 1 aromatic heterocycles. The Hall–Kier alpha value is -1.92. The molecule has 1 heterocycles. The third kappa shape index (κ3) is 3.79. The van der Waals surface area contributed by atoms with Crippen molar-refractivity contribution in [2.45, 2.75) is 19.5 Å². The lowest BCUT2D eigenvalue weighted by atomic mass is 10.1. The highest BCUT2D eigenvalue weighted by Crippen LogP contribution is 2.24. The van der Waals surface area contributed by atoms with Gasteiger partial charge in [0.05, 0.1) is 6.54 Å². The normalized spacial score (nSPS) is 12.5. The number of hydrogen-bond donors (Lipinski definition) is 2. The fourth-order valence-electron chi connectivity index (χ4n) is 2.07. The molecule has 0 aliphatic carbocycles. The van der Waals surface area contributed by atoms with Gasteiger partial charge in [0.1, 0.15) is 0 Å². The van der Waals surface area contributed by atoms with Crippen LogP contribution in [0.2, 0.25) is 0 Å². The number of nitrogens with zero attached hydrogens (tertiary/aromatic N) is 2. The van der Waals surface area contributed by atoms with E-state index in [4.69, 9.17) is 11.5 Å². The maximum absolute atomic E-state index is 11.3. The molecule has 106 valence electrons. The number of primary amides is 1. The van der Waals surface area contributed by atoms with Crippen molar-refractivity contribution in [2.75, 3.05) is 12.3 Å². The first kappa shape index (κ1) is 14.5. The summed E-state index contributed by atoms with van der Waals surface area (Å²) in [5.41, 5.74) is 12.1. The topological polar surface area (TPSA) is 85.2 Å². The molecule has 0 fully saturated rings. The van der Waals surface area contributed by atoms with Crippen molar-refractivity contribution in [3.63, 3.8) is 0 Å². The molecule has 1 aromatic carbocycles. The zero-order chi connectivity index (χ0) is 14.5. The van der Waals surface area contributed by atoms with Crippen LogP contribution in [-0.2, 0) is 11.3 Å². The Balaban J connectivity index is 2.16. The van der Waals surface area contributed by atoms with E-state index >= 15 is 0 Å². The van der Waals surface area contributed by atoms with Crippen LogP contribution in [0.1, 0.15) is 23.4 Å². The van der Waals surface area contributed by atoms with Gasteiger partial charge >= 0.3 is 0 Å². The molecule has 6 heteroatoms. The lowest BCUT2D eigenvalue weighted by Gasteiger charge is -2.27. The molecule has 0 aliphatic rings. The molecule has 0 bridgehead atoms. The quantitative estimate of drug-likeness (QED) is 0.849. The lowest BCUT2D eigenvalue weighted by molar-refractivity contribution is -0.119. The second kappa shape index (κ2) is 6.49. The Morgan fingerprint density at radius 2 is 2.10 bits per heavy atom. The highest BCUT2D eigenvalue weighted by molar-refractivity contribution is 7.15. The van der Waals surface area contributed by atoms with Gasteiger partial charge in [0.2, 0.25) is 5.91 Å². The van der Waals surface area contributed by atoms with E-state index in [-0.39, 0.29) is 18.5 Å². The van der Waals surface area contributed by atoms with Crippen molar-refractivity contribution in [3.8, 4) is 0 Å². The fraction of sp³-hybridized carbons (Fsp3) is 0.286.